The minimum atomic E-state index is 0. The molecule has 0 aromatic carbocycles. The maximum Gasteiger partial charge on any atom is 4.00 e. The summed E-state index contributed by atoms with van der Waals surface area (Å²) in [4.78, 5) is 3.97. The molecule has 2 unspecified atom stereocenters. The molecule has 0 aliphatic heterocycles. The van der Waals surface area contributed by atoms with Crippen LogP contribution in [0.5, 0.6) is 0 Å². The van der Waals surface area contributed by atoms with E-state index in [1.54, 1.807) is 6.20 Å². The smallest absolute Gasteiger partial charge is 1.00 e. The van der Waals surface area contributed by atoms with E-state index in [-0.39, 0.29) is 53.4 Å². The molecule has 18 heavy (non-hydrogen) atoms. The monoisotopic (exact) mass is 504 g/mol. The van der Waals surface area contributed by atoms with Gasteiger partial charge in [-0.3, -0.25) is 4.98 Å². The zero-order valence-electron chi connectivity index (χ0n) is 10.7. The summed E-state index contributed by atoms with van der Waals surface area (Å²) in [6.45, 7) is 4.96. The zero-order chi connectivity index (χ0) is 11.7. The van der Waals surface area contributed by atoms with E-state index in [0.717, 1.165) is 17.0 Å². The number of pyridine rings is 1. The Morgan fingerprint density at radius 2 is 1.67 bits per heavy atom. The van der Waals surface area contributed by atoms with Crippen molar-refractivity contribution >= 4 is 18.5 Å². The van der Waals surface area contributed by atoms with Gasteiger partial charge in [0.15, 0.2) is 0 Å². The minimum absolute atomic E-state index is 0. The number of hydrogen-bond acceptors (Lipinski definition) is 2. The maximum absolute atomic E-state index is 5.29. The average Bonchev–Trinajstić information content (AvgIpc) is 2.18. The Bertz CT molecular complexity index is 246. The van der Waals surface area contributed by atoms with Crippen LogP contribution in [0.2, 0.25) is 0 Å². The zero-order valence-corrected chi connectivity index (χ0v) is 17.9. The summed E-state index contributed by atoms with van der Waals surface area (Å²) in [5.74, 6) is 0. The molecule has 0 aliphatic rings. The predicted octanol–water partition coefficient (Wildman–Crippen LogP) is -3.55. The Morgan fingerprint density at radius 3 is 1.83 bits per heavy atom. The van der Waals surface area contributed by atoms with Gasteiger partial charge in [-0.25, -0.2) is 0 Å². The molecule has 7 heteroatoms. The molecule has 4 atom stereocenters. The van der Waals surface area contributed by atoms with Gasteiger partial charge in [0, 0.05) is 12.7 Å². The molecule has 0 radical (unpaired) electrons. The van der Waals surface area contributed by atoms with Crippen molar-refractivity contribution in [2.24, 2.45) is 5.73 Å². The third-order valence-corrected chi connectivity index (χ3v) is 2.22. The van der Waals surface area contributed by atoms with Crippen molar-refractivity contribution in [3.63, 3.8) is 0 Å². The second-order valence-electron chi connectivity index (χ2n) is 3.72. The van der Waals surface area contributed by atoms with E-state index in [4.69, 9.17) is 5.73 Å². The molecule has 1 heterocycles. The Balaban J connectivity index is -0.0000000942. The molecule has 106 valence electrons. The molecule has 2 nitrogen and oxygen atoms in total. The number of hydrogen-bond donors (Lipinski definition) is 1. The van der Waals surface area contributed by atoms with Crippen LogP contribution < -0.4 is 39.7 Å². The molecule has 0 saturated carbocycles. The summed E-state index contributed by atoms with van der Waals surface area (Å²) >= 11 is 0. The molecule has 2 N–H and O–H groups in total. The number of nitrogens with two attached hydrogens (primary N) is 1. The van der Waals surface area contributed by atoms with E-state index in [1.807, 2.05) is 18.2 Å². The topological polar surface area (TPSA) is 38.9 Å². The fraction of sp³-hybridized carbons (Fsp3) is 0.545. The first-order valence-electron chi connectivity index (χ1n) is 5.17. The van der Waals surface area contributed by atoms with Crippen LogP contribution in [0.1, 0.15) is 26.0 Å². The van der Waals surface area contributed by atoms with Crippen molar-refractivity contribution in [2.45, 2.75) is 38.1 Å². The quantitative estimate of drug-likeness (QED) is 0.342. The molecule has 0 spiro atoms. The van der Waals surface area contributed by atoms with Crippen molar-refractivity contribution in [3.05, 3.63) is 30.1 Å². The van der Waals surface area contributed by atoms with Crippen molar-refractivity contribution in [1.82, 2.24) is 4.98 Å². The number of rotatable bonds is 3. The first-order valence-corrected chi connectivity index (χ1v) is 6.50. The molecule has 1 aromatic heterocycles. The van der Waals surface area contributed by atoms with Crippen LogP contribution >= 0.6 is 18.5 Å². The van der Waals surface area contributed by atoms with Gasteiger partial charge in [-0.2, -0.15) is 0 Å². The Morgan fingerprint density at radius 1 is 1.17 bits per heavy atom. The molecule has 1 rings (SSSR count). The molecule has 0 amide bonds. The number of aromatic nitrogens is 1. The largest absolute Gasteiger partial charge is 4.00 e. The second-order valence-corrected chi connectivity index (χ2v) is 5.99. The summed E-state index contributed by atoms with van der Waals surface area (Å²) in [5, 5.41) is 0. The van der Waals surface area contributed by atoms with E-state index < -0.39 is 0 Å². The van der Waals surface area contributed by atoms with Gasteiger partial charge >= 0.3 is 19.5 Å². The SMILES string of the molecule is C[C@H](P)C[C@H](C)P.NCc1ccccn1.[Br-].[Br-].[Ru+4]. The summed E-state index contributed by atoms with van der Waals surface area (Å²) in [6, 6.07) is 5.70. The fourth-order valence-electron chi connectivity index (χ4n) is 1.11. The Labute approximate surface area is 150 Å². The van der Waals surface area contributed by atoms with Gasteiger partial charge in [0.1, 0.15) is 0 Å². The van der Waals surface area contributed by atoms with Crippen LogP contribution in [-0.2, 0) is 26.0 Å². The normalized spacial score (nSPS) is 11.4. The van der Waals surface area contributed by atoms with Crippen LogP contribution in [0.15, 0.2) is 24.4 Å². The fourth-order valence-corrected chi connectivity index (χ4v) is 2.28. The molecule has 0 bridgehead atoms. The number of nitrogens with zero attached hydrogens (tertiary/aromatic N) is 1. The van der Waals surface area contributed by atoms with Crippen LogP contribution in [0, 0.1) is 0 Å². The van der Waals surface area contributed by atoms with Gasteiger partial charge in [-0.1, -0.05) is 19.9 Å². The number of halogens is 2. The predicted molar refractivity (Wildman–Crippen MR) is 75.1 cm³/mol. The van der Waals surface area contributed by atoms with Crippen LogP contribution in [-0.4, -0.2) is 16.3 Å². The van der Waals surface area contributed by atoms with E-state index in [0.29, 0.717) is 6.54 Å². The standard InChI is InChI=1S/C6H8N2.C5H14P2.2BrH.Ru/c7-5-6-3-1-2-4-8-6;1-4(6)3-5(2)7;;;/h1-4H,5,7H2;4-5H,3,6-7H2,1-2H3;2*1H;/q;;;;+4/p-2/t;4-,5-;;;/m.0.../s1. The van der Waals surface area contributed by atoms with Gasteiger partial charge in [-0.05, 0) is 29.9 Å². The summed E-state index contributed by atoms with van der Waals surface area (Å²) in [6.07, 6.45) is 3.03. The molecular weight excluding hydrogens is 483 g/mol. The van der Waals surface area contributed by atoms with E-state index in [9.17, 15) is 0 Å². The molecule has 1 aromatic rings. The van der Waals surface area contributed by atoms with Gasteiger partial charge in [0.2, 0.25) is 0 Å². The van der Waals surface area contributed by atoms with E-state index >= 15 is 0 Å². The molecule has 0 fully saturated rings. The average molecular weight is 505 g/mol. The van der Waals surface area contributed by atoms with Crippen LogP contribution in [0.25, 0.3) is 0 Å². The molecular formula is C11H22Br2N2P2Ru+2. The summed E-state index contributed by atoms with van der Waals surface area (Å²) < 4.78 is 0. The minimum Gasteiger partial charge on any atom is -1.00 e. The van der Waals surface area contributed by atoms with Crippen molar-refractivity contribution in [1.29, 1.82) is 0 Å². The summed E-state index contributed by atoms with van der Waals surface area (Å²) in [5.41, 5.74) is 7.77. The Kier molecular flexibility index (Phi) is 28.7. The molecule has 0 saturated heterocycles. The van der Waals surface area contributed by atoms with E-state index in [2.05, 4.69) is 37.3 Å². The van der Waals surface area contributed by atoms with Gasteiger partial charge in [0.05, 0.1) is 5.69 Å². The third kappa shape index (κ3) is 19.9. The first-order chi connectivity index (χ1) is 7.06. The van der Waals surface area contributed by atoms with Crippen molar-refractivity contribution < 1.29 is 53.4 Å². The van der Waals surface area contributed by atoms with Crippen LogP contribution in [0.3, 0.4) is 0 Å². The van der Waals surface area contributed by atoms with Crippen molar-refractivity contribution in [2.75, 3.05) is 0 Å². The maximum atomic E-state index is 5.29. The second kappa shape index (κ2) is 18.6. The Hall–Kier alpha value is 1.55. The van der Waals surface area contributed by atoms with Gasteiger partial charge in [-0.15, -0.1) is 18.5 Å². The molecule has 0 aliphatic carbocycles. The van der Waals surface area contributed by atoms with Gasteiger partial charge in [0.25, 0.3) is 0 Å². The van der Waals surface area contributed by atoms with E-state index in [1.165, 1.54) is 6.42 Å². The third-order valence-electron chi connectivity index (χ3n) is 1.68. The van der Waals surface area contributed by atoms with Crippen molar-refractivity contribution in [3.8, 4) is 0 Å². The van der Waals surface area contributed by atoms with Crippen LogP contribution in [0.4, 0.5) is 0 Å². The first kappa shape index (κ1) is 27.8. The summed E-state index contributed by atoms with van der Waals surface area (Å²) in [7, 11) is 5.58. The van der Waals surface area contributed by atoms with Gasteiger partial charge < -0.3 is 39.7 Å².